The summed E-state index contributed by atoms with van der Waals surface area (Å²) in [6.45, 7) is 4.19. The minimum atomic E-state index is -3.01. The third kappa shape index (κ3) is 2.97. The summed E-state index contributed by atoms with van der Waals surface area (Å²) in [6, 6.07) is 8.40. The maximum Gasteiger partial charge on any atom is 0.239 e. The fraction of sp³-hybridized carbons (Fsp3) is 0.562. The Bertz CT molecular complexity index is 701. The highest BCUT2D eigenvalue weighted by Crippen LogP contribution is 2.31. The van der Waals surface area contributed by atoms with E-state index in [1.165, 1.54) is 5.56 Å². The molecule has 2 aliphatic rings. The van der Waals surface area contributed by atoms with E-state index >= 15 is 0 Å². The van der Waals surface area contributed by atoms with E-state index in [9.17, 15) is 13.2 Å². The molecule has 0 aromatic heterocycles. The van der Waals surface area contributed by atoms with Crippen LogP contribution in [-0.2, 0) is 21.1 Å². The monoisotopic (exact) mass is 322 g/mol. The van der Waals surface area contributed by atoms with Gasteiger partial charge in [-0.25, -0.2) is 8.42 Å². The molecule has 1 aromatic carbocycles. The third-order valence-electron chi connectivity index (χ3n) is 4.61. The summed E-state index contributed by atoms with van der Waals surface area (Å²) in [5, 5.41) is 2.93. The van der Waals surface area contributed by atoms with Crippen LogP contribution in [0.25, 0.3) is 0 Å². The zero-order valence-corrected chi connectivity index (χ0v) is 13.8. The highest BCUT2D eigenvalue weighted by Gasteiger charge is 2.40. The molecule has 0 aliphatic carbocycles. The van der Waals surface area contributed by atoms with Crippen LogP contribution in [0.2, 0.25) is 0 Å². The first-order valence-corrected chi connectivity index (χ1v) is 9.46. The number of carbonyl (C=O) groups is 1. The van der Waals surface area contributed by atoms with E-state index in [1.54, 1.807) is 0 Å². The summed E-state index contributed by atoms with van der Waals surface area (Å²) < 4.78 is 23.3. The van der Waals surface area contributed by atoms with Crippen LogP contribution >= 0.6 is 0 Å². The molecule has 3 rings (SSSR count). The quantitative estimate of drug-likeness (QED) is 0.906. The molecule has 2 atom stereocenters. The van der Waals surface area contributed by atoms with Gasteiger partial charge in [-0.2, -0.15) is 0 Å². The van der Waals surface area contributed by atoms with E-state index in [1.807, 2.05) is 25.1 Å². The van der Waals surface area contributed by atoms with Gasteiger partial charge in [0.1, 0.15) is 0 Å². The molecule has 2 aliphatic heterocycles. The van der Waals surface area contributed by atoms with Crippen LogP contribution < -0.4 is 10.2 Å². The fourth-order valence-electron chi connectivity index (χ4n) is 3.51. The topological polar surface area (TPSA) is 66.5 Å². The Kier molecular flexibility index (Phi) is 3.67. The number of anilines is 1. The molecule has 22 heavy (non-hydrogen) atoms. The van der Waals surface area contributed by atoms with Gasteiger partial charge in [-0.3, -0.25) is 4.79 Å². The second-order valence-electron chi connectivity index (χ2n) is 6.76. The summed E-state index contributed by atoms with van der Waals surface area (Å²) in [6.07, 6.45) is 1.43. The zero-order valence-electron chi connectivity index (χ0n) is 13.0. The first-order valence-electron chi connectivity index (χ1n) is 7.64. The summed E-state index contributed by atoms with van der Waals surface area (Å²) in [7, 11) is -3.01. The Labute approximate surface area is 131 Å². The van der Waals surface area contributed by atoms with Crippen LogP contribution in [0.4, 0.5) is 5.69 Å². The second-order valence-corrected chi connectivity index (χ2v) is 8.94. The van der Waals surface area contributed by atoms with Crippen LogP contribution in [0.1, 0.15) is 25.8 Å². The number of nitrogens with one attached hydrogen (secondary N) is 1. The molecule has 2 heterocycles. The van der Waals surface area contributed by atoms with Crippen molar-refractivity contribution in [2.75, 3.05) is 23.0 Å². The molecule has 0 bridgehead atoms. The summed E-state index contributed by atoms with van der Waals surface area (Å²) >= 11 is 0. The predicted molar refractivity (Wildman–Crippen MR) is 86.8 cm³/mol. The van der Waals surface area contributed by atoms with Crippen molar-refractivity contribution in [1.29, 1.82) is 0 Å². The molecule has 1 aromatic rings. The average molecular weight is 322 g/mol. The maximum absolute atomic E-state index is 12.4. The third-order valence-corrected chi connectivity index (χ3v) is 6.51. The van der Waals surface area contributed by atoms with Crippen LogP contribution in [0.15, 0.2) is 24.3 Å². The summed E-state index contributed by atoms with van der Waals surface area (Å²) in [4.78, 5) is 14.5. The number of amides is 1. The number of fused-ring (bicyclic) bond motifs is 1. The van der Waals surface area contributed by atoms with Gasteiger partial charge in [0.2, 0.25) is 5.91 Å². The van der Waals surface area contributed by atoms with E-state index in [2.05, 4.69) is 23.2 Å². The van der Waals surface area contributed by atoms with Gasteiger partial charge in [0.05, 0.1) is 23.6 Å². The number of sulfone groups is 1. The molecule has 0 unspecified atom stereocenters. The van der Waals surface area contributed by atoms with Crippen LogP contribution in [0.3, 0.4) is 0 Å². The lowest BCUT2D eigenvalue weighted by atomic mass is 10.0. The van der Waals surface area contributed by atoms with Crippen LogP contribution in [0, 0.1) is 0 Å². The number of carbonyl (C=O) groups excluding carboxylic acids is 1. The number of nitrogens with zero attached hydrogens (tertiary/aromatic N) is 1. The van der Waals surface area contributed by atoms with Crippen molar-refractivity contribution in [3.63, 3.8) is 0 Å². The van der Waals surface area contributed by atoms with E-state index in [4.69, 9.17) is 0 Å². The minimum absolute atomic E-state index is 0.0396. The van der Waals surface area contributed by atoms with Gasteiger partial charge in [-0.15, -0.1) is 0 Å². The van der Waals surface area contributed by atoms with Gasteiger partial charge in [0, 0.05) is 11.7 Å². The number of para-hydroxylation sites is 1. The van der Waals surface area contributed by atoms with E-state index in [0.29, 0.717) is 6.42 Å². The van der Waals surface area contributed by atoms with Crippen molar-refractivity contribution in [2.24, 2.45) is 0 Å². The second kappa shape index (κ2) is 5.26. The first-order chi connectivity index (χ1) is 10.3. The Morgan fingerprint density at radius 3 is 2.82 bits per heavy atom. The summed E-state index contributed by atoms with van der Waals surface area (Å²) in [5.41, 5.74) is 1.74. The molecule has 6 heteroatoms. The molecule has 5 nitrogen and oxygen atoms in total. The highest BCUT2D eigenvalue weighted by molar-refractivity contribution is 7.91. The molecule has 120 valence electrons. The Morgan fingerprint density at radius 2 is 2.14 bits per heavy atom. The average Bonchev–Trinajstić information content (AvgIpc) is 2.87. The lowest BCUT2D eigenvalue weighted by molar-refractivity contribution is -0.121. The Morgan fingerprint density at radius 1 is 1.41 bits per heavy atom. The molecule has 0 radical (unpaired) electrons. The molecule has 1 amide bonds. The van der Waals surface area contributed by atoms with Gasteiger partial charge < -0.3 is 10.2 Å². The minimum Gasteiger partial charge on any atom is -0.359 e. The smallest absolute Gasteiger partial charge is 0.239 e. The van der Waals surface area contributed by atoms with Gasteiger partial charge in [0.15, 0.2) is 9.84 Å². The standard InChI is InChI=1S/C16H22N2O3S/c1-12-9-13-5-3-4-6-14(13)18(12)10-15(19)17-16(2)7-8-22(20,21)11-16/h3-6,12H,7-11H2,1-2H3,(H,17,19)/t12-,16+/m0/s1. The fourth-order valence-corrected chi connectivity index (χ4v) is 5.60. The molecular formula is C16H22N2O3S. The highest BCUT2D eigenvalue weighted by atomic mass is 32.2. The molecule has 1 saturated heterocycles. The SMILES string of the molecule is C[C@H]1Cc2ccccc2N1CC(=O)N[C@]1(C)CCS(=O)(=O)C1. The maximum atomic E-state index is 12.4. The van der Waals surface area contributed by atoms with E-state index < -0.39 is 15.4 Å². The van der Waals surface area contributed by atoms with Crippen LogP contribution in [0.5, 0.6) is 0 Å². The van der Waals surface area contributed by atoms with Gasteiger partial charge in [0.25, 0.3) is 0 Å². The van der Waals surface area contributed by atoms with Crippen molar-refractivity contribution in [3.05, 3.63) is 29.8 Å². The normalized spacial score (nSPS) is 29.4. The first kappa shape index (κ1) is 15.3. The zero-order chi connectivity index (χ0) is 16.0. The van der Waals surface area contributed by atoms with Gasteiger partial charge in [-0.1, -0.05) is 18.2 Å². The Hall–Kier alpha value is -1.56. The number of hydrogen-bond acceptors (Lipinski definition) is 4. The largest absolute Gasteiger partial charge is 0.359 e. The van der Waals surface area contributed by atoms with Crippen LogP contribution in [-0.4, -0.2) is 44.0 Å². The lowest BCUT2D eigenvalue weighted by Gasteiger charge is -2.28. The molecule has 1 fully saturated rings. The molecule has 1 N–H and O–H groups in total. The van der Waals surface area contributed by atoms with Crippen molar-refractivity contribution >= 4 is 21.4 Å². The Balaban J connectivity index is 1.68. The van der Waals surface area contributed by atoms with E-state index in [0.717, 1.165) is 12.1 Å². The lowest BCUT2D eigenvalue weighted by Crippen LogP contribution is -2.51. The molecule has 0 spiro atoms. The van der Waals surface area contributed by atoms with Crippen molar-refractivity contribution < 1.29 is 13.2 Å². The molecule has 0 saturated carbocycles. The number of hydrogen-bond donors (Lipinski definition) is 1. The van der Waals surface area contributed by atoms with Crippen molar-refractivity contribution in [1.82, 2.24) is 5.32 Å². The van der Waals surface area contributed by atoms with Gasteiger partial charge in [-0.05, 0) is 38.3 Å². The van der Waals surface area contributed by atoms with Crippen molar-refractivity contribution in [2.45, 2.75) is 38.3 Å². The van der Waals surface area contributed by atoms with Gasteiger partial charge >= 0.3 is 0 Å². The van der Waals surface area contributed by atoms with Crippen molar-refractivity contribution in [3.8, 4) is 0 Å². The summed E-state index contributed by atoms with van der Waals surface area (Å²) in [5.74, 6) is 0.0908. The number of benzene rings is 1. The molecular weight excluding hydrogens is 300 g/mol. The predicted octanol–water partition coefficient (Wildman–Crippen LogP) is 1.13. The van der Waals surface area contributed by atoms with E-state index in [-0.39, 0.29) is 30.0 Å². The number of rotatable bonds is 3.